The molecule has 38 heavy (non-hydrogen) atoms. The lowest BCUT2D eigenvalue weighted by atomic mass is 9.91. The van der Waals surface area contributed by atoms with Crippen LogP contribution in [0, 0.1) is 12.8 Å². The summed E-state index contributed by atoms with van der Waals surface area (Å²) >= 11 is 0. The highest BCUT2D eigenvalue weighted by Gasteiger charge is 2.19. The zero-order valence-electron chi connectivity index (χ0n) is 21.8. The Balaban J connectivity index is 1.50. The first-order valence-electron chi connectivity index (χ1n) is 12.9. The second-order valence-electron chi connectivity index (χ2n) is 9.47. The van der Waals surface area contributed by atoms with Crippen LogP contribution in [-0.2, 0) is 0 Å². The van der Waals surface area contributed by atoms with Crippen LogP contribution in [0.25, 0.3) is 23.2 Å². The van der Waals surface area contributed by atoms with Crippen molar-refractivity contribution in [2.75, 3.05) is 5.32 Å². The lowest BCUT2D eigenvalue weighted by molar-refractivity contribution is -0.0498. The van der Waals surface area contributed by atoms with Gasteiger partial charge in [-0.05, 0) is 80.6 Å². The number of hydrogen-bond acceptors (Lipinski definition) is 4. The number of carbonyl (C=O) groups is 1. The second-order valence-corrected chi connectivity index (χ2v) is 9.47. The minimum atomic E-state index is -2.86. The fourth-order valence-electron chi connectivity index (χ4n) is 4.59. The molecule has 3 aromatic rings. The van der Waals surface area contributed by atoms with Crippen LogP contribution in [0.4, 0.5) is 14.5 Å². The van der Waals surface area contributed by atoms with Crippen molar-refractivity contribution in [3.05, 3.63) is 90.4 Å². The second kappa shape index (κ2) is 12.5. The molecule has 0 saturated carbocycles. The summed E-state index contributed by atoms with van der Waals surface area (Å²) in [5.41, 5.74) is 5.05. The van der Waals surface area contributed by atoms with Gasteiger partial charge in [-0.25, -0.2) is 4.98 Å². The maximum Gasteiger partial charge on any atom is 0.387 e. The summed E-state index contributed by atoms with van der Waals surface area (Å²) in [4.78, 5) is 17.7. The Hall–Kier alpha value is -4.00. The first-order chi connectivity index (χ1) is 18.4. The summed E-state index contributed by atoms with van der Waals surface area (Å²) in [5.74, 6) is 0.995. The summed E-state index contributed by atoms with van der Waals surface area (Å²) in [6, 6.07) is 12.3. The van der Waals surface area contributed by atoms with Gasteiger partial charge in [-0.1, -0.05) is 31.6 Å². The molecule has 2 aromatic carbocycles. The highest BCUT2D eigenvalue weighted by Crippen LogP contribution is 2.30. The molecule has 0 spiro atoms. The van der Waals surface area contributed by atoms with Crippen LogP contribution in [-0.4, -0.2) is 21.9 Å². The average molecular weight is 518 g/mol. The number of halogens is 2. The third-order valence-electron chi connectivity index (χ3n) is 6.64. The van der Waals surface area contributed by atoms with Gasteiger partial charge in [0.1, 0.15) is 5.75 Å². The van der Waals surface area contributed by atoms with Gasteiger partial charge in [0.25, 0.3) is 0 Å². The molecule has 0 bridgehead atoms. The van der Waals surface area contributed by atoms with E-state index in [1.54, 1.807) is 18.3 Å². The number of imidazole rings is 1. The minimum absolute atomic E-state index is 0.0186. The predicted molar refractivity (Wildman–Crippen MR) is 149 cm³/mol. The number of alkyl halides is 2. The Labute approximate surface area is 222 Å². The average Bonchev–Trinajstić information content (AvgIpc) is 3.22. The van der Waals surface area contributed by atoms with Gasteiger partial charge in [0, 0.05) is 28.9 Å². The number of nitrogens with one attached hydrogen (secondary N) is 1. The molecule has 4 rings (SSSR count). The number of rotatable bonds is 12. The van der Waals surface area contributed by atoms with Crippen molar-refractivity contribution in [1.29, 1.82) is 0 Å². The van der Waals surface area contributed by atoms with E-state index in [0.717, 1.165) is 65.3 Å². The third-order valence-corrected chi connectivity index (χ3v) is 6.64. The van der Waals surface area contributed by atoms with E-state index >= 15 is 0 Å². The number of unbranched alkanes of at least 4 members (excludes halogenated alkanes) is 2. The van der Waals surface area contributed by atoms with E-state index < -0.39 is 6.61 Å². The van der Waals surface area contributed by atoms with E-state index in [1.165, 1.54) is 12.1 Å². The van der Waals surface area contributed by atoms with E-state index in [9.17, 15) is 13.6 Å². The molecule has 1 unspecified atom stereocenters. The van der Waals surface area contributed by atoms with Crippen LogP contribution in [0.15, 0.2) is 73.5 Å². The molecule has 1 aliphatic heterocycles. The standard InChI is InChI=1S/C31H33F2N3O2/c1-4-5-6-7-10-21(2)29(37)26-17-14-24(19-22(26)3)35-27-11-8-9-18-36-28(20-34-30(27)36)23-12-15-25(16-13-23)38-31(32)33/h4,9,11-21,31,35H,1,5-8,10H2,2-3H3. The lowest BCUT2D eigenvalue weighted by Gasteiger charge is -2.15. The summed E-state index contributed by atoms with van der Waals surface area (Å²) < 4.78 is 31.4. The van der Waals surface area contributed by atoms with Crippen molar-refractivity contribution in [3.8, 4) is 17.0 Å². The number of hydrogen-bond donors (Lipinski definition) is 1. The Morgan fingerprint density at radius 2 is 2.00 bits per heavy atom. The molecule has 1 aliphatic rings. The molecular formula is C31H33F2N3O2. The maximum atomic E-state index is 13.0. The predicted octanol–water partition coefficient (Wildman–Crippen LogP) is 8.35. The first kappa shape index (κ1) is 27.0. The Bertz CT molecular complexity index is 1340. The molecule has 1 aromatic heterocycles. The lowest BCUT2D eigenvalue weighted by Crippen LogP contribution is -2.13. The number of nitrogens with zero attached hydrogens (tertiary/aromatic N) is 2. The van der Waals surface area contributed by atoms with E-state index in [1.807, 2.05) is 55.0 Å². The van der Waals surface area contributed by atoms with E-state index in [-0.39, 0.29) is 17.5 Å². The van der Waals surface area contributed by atoms with Gasteiger partial charge < -0.3 is 10.1 Å². The summed E-state index contributed by atoms with van der Waals surface area (Å²) in [6.45, 7) is 4.86. The minimum Gasteiger partial charge on any atom is -0.435 e. The molecule has 7 heteroatoms. The number of carbonyl (C=O) groups excluding carboxylic acids is 1. The molecule has 2 heterocycles. The smallest absolute Gasteiger partial charge is 0.387 e. The Kier molecular flexibility index (Phi) is 8.89. The third kappa shape index (κ3) is 6.46. The topological polar surface area (TPSA) is 56.2 Å². The molecule has 0 saturated heterocycles. The van der Waals surface area contributed by atoms with Crippen molar-refractivity contribution < 1.29 is 18.3 Å². The summed E-state index contributed by atoms with van der Waals surface area (Å²) in [6.07, 6.45) is 14.4. The molecule has 1 N–H and O–H groups in total. The van der Waals surface area contributed by atoms with Crippen molar-refractivity contribution in [2.45, 2.75) is 52.6 Å². The number of anilines is 1. The zero-order chi connectivity index (χ0) is 27.1. The number of Topliss-reactive ketones (excluding diaryl/α,β-unsaturated/α-hetero) is 1. The van der Waals surface area contributed by atoms with Gasteiger partial charge in [0.2, 0.25) is 0 Å². The Morgan fingerprint density at radius 1 is 1.21 bits per heavy atom. The normalized spacial score (nSPS) is 13.4. The van der Waals surface area contributed by atoms with Crippen LogP contribution in [0.3, 0.4) is 0 Å². The SMILES string of the molecule is C=CCCCCC(C)C(=O)c1ccc(NC2=CCC=Cn3c(-c4ccc(OC(F)F)cc4)cnc32)cc1C. The highest BCUT2D eigenvalue weighted by atomic mass is 19.3. The zero-order valence-corrected chi connectivity index (χ0v) is 21.8. The molecule has 0 fully saturated rings. The number of ether oxygens (including phenoxy) is 1. The van der Waals surface area contributed by atoms with Gasteiger partial charge in [-0.15, -0.1) is 6.58 Å². The number of ketones is 1. The number of aryl methyl sites for hydroxylation is 1. The van der Waals surface area contributed by atoms with Gasteiger partial charge in [-0.2, -0.15) is 8.78 Å². The maximum absolute atomic E-state index is 13.0. The van der Waals surface area contributed by atoms with Crippen LogP contribution in [0.5, 0.6) is 5.75 Å². The van der Waals surface area contributed by atoms with Gasteiger partial charge in [0.05, 0.1) is 17.6 Å². The quantitative estimate of drug-likeness (QED) is 0.149. The molecule has 1 atom stereocenters. The van der Waals surface area contributed by atoms with Crippen LogP contribution < -0.4 is 10.1 Å². The molecule has 0 amide bonds. The number of benzene rings is 2. The van der Waals surface area contributed by atoms with Crippen molar-refractivity contribution in [2.24, 2.45) is 5.92 Å². The number of allylic oxidation sites excluding steroid dienone is 3. The fraction of sp³-hybridized carbons (Fsp3) is 0.290. The van der Waals surface area contributed by atoms with Crippen molar-refractivity contribution >= 4 is 23.4 Å². The largest absolute Gasteiger partial charge is 0.435 e. The molecule has 0 aliphatic carbocycles. The van der Waals surface area contributed by atoms with Crippen molar-refractivity contribution in [3.63, 3.8) is 0 Å². The molecule has 5 nitrogen and oxygen atoms in total. The summed E-state index contributed by atoms with van der Waals surface area (Å²) in [7, 11) is 0. The van der Waals surface area contributed by atoms with Crippen molar-refractivity contribution in [1.82, 2.24) is 9.55 Å². The Morgan fingerprint density at radius 3 is 2.71 bits per heavy atom. The van der Waals surface area contributed by atoms with Crippen LogP contribution in [0.2, 0.25) is 0 Å². The monoisotopic (exact) mass is 517 g/mol. The molecule has 198 valence electrons. The van der Waals surface area contributed by atoms with Gasteiger partial charge in [0.15, 0.2) is 11.6 Å². The van der Waals surface area contributed by atoms with Crippen LogP contribution in [0.1, 0.15) is 60.8 Å². The van der Waals surface area contributed by atoms with E-state index in [4.69, 9.17) is 0 Å². The number of fused-ring (bicyclic) bond motifs is 1. The van der Waals surface area contributed by atoms with Crippen LogP contribution >= 0.6 is 0 Å². The van der Waals surface area contributed by atoms with Gasteiger partial charge in [-0.3, -0.25) is 9.36 Å². The molecule has 0 radical (unpaired) electrons. The summed E-state index contributed by atoms with van der Waals surface area (Å²) in [5, 5.41) is 3.47. The van der Waals surface area contributed by atoms with E-state index in [0.29, 0.717) is 6.42 Å². The van der Waals surface area contributed by atoms with Gasteiger partial charge >= 0.3 is 6.61 Å². The fourth-order valence-corrected chi connectivity index (χ4v) is 4.59. The molecular weight excluding hydrogens is 484 g/mol. The van der Waals surface area contributed by atoms with E-state index in [2.05, 4.69) is 27.7 Å². The highest BCUT2D eigenvalue weighted by molar-refractivity contribution is 5.99. The number of aromatic nitrogens is 2. The first-order valence-corrected chi connectivity index (χ1v) is 12.9.